The minimum absolute atomic E-state index is 0.396. The van der Waals surface area contributed by atoms with Gasteiger partial charge in [0.15, 0.2) is 0 Å². The maximum absolute atomic E-state index is 7.26. The molecule has 0 aliphatic carbocycles. The molecule has 4 nitrogen and oxygen atoms in total. The molecule has 2 rings (SSSR count). The first-order valence-corrected chi connectivity index (χ1v) is 3.55. The van der Waals surface area contributed by atoms with Gasteiger partial charge < -0.3 is 0 Å². The monoisotopic (exact) mass is 161 g/mol. The smallest absolute Gasteiger partial charge is 0.131 e. The van der Waals surface area contributed by atoms with Crippen molar-refractivity contribution in [3.63, 3.8) is 0 Å². The van der Waals surface area contributed by atoms with Gasteiger partial charge in [0.2, 0.25) is 0 Å². The first kappa shape index (κ1) is 5.88. The maximum atomic E-state index is 7.26. The fraction of sp³-hybridized carbons (Fsp3) is 0.125. The number of hydrogen-bond donors (Lipinski definition) is 0. The minimum atomic E-state index is 0.396. The van der Waals surface area contributed by atoms with E-state index in [9.17, 15) is 0 Å². The normalized spacial score (nSPS) is 11.2. The lowest BCUT2D eigenvalue weighted by Crippen LogP contribution is -1.92. The van der Waals surface area contributed by atoms with Crippen LogP contribution in [-0.4, -0.2) is 20.0 Å². The number of nitrogens with zero attached hydrogens (tertiary/aromatic N) is 4. The molecule has 0 radical (unpaired) electrons. The van der Waals surface area contributed by atoms with Crippen molar-refractivity contribution in [1.29, 1.82) is 0 Å². The van der Waals surface area contributed by atoms with Crippen molar-refractivity contribution >= 4 is 0 Å². The maximum Gasteiger partial charge on any atom is 0.131 e. The van der Waals surface area contributed by atoms with Gasteiger partial charge in [0, 0.05) is 13.2 Å². The zero-order chi connectivity index (χ0) is 9.26. The SMILES string of the molecule is [2H]c1ccc(-c2cnn(C)n2)nc1. The average Bonchev–Trinajstić information content (AvgIpc) is 2.53. The molecule has 0 spiro atoms. The average molecular weight is 161 g/mol. The van der Waals surface area contributed by atoms with Crippen molar-refractivity contribution in [2.24, 2.45) is 7.05 Å². The molecule has 0 aliphatic rings. The Morgan fingerprint density at radius 3 is 3.00 bits per heavy atom. The fourth-order valence-electron chi connectivity index (χ4n) is 0.935. The van der Waals surface area contributed by atoms with Crippen LogP contribution in [0.25, 0.3) is 11.4 Å². The summed E-state index contributed by atoms with van der Waals surface area (Å²) in [4.78, 5) is 5.54. The topological polar surface area (TPSA) is 43.6 Å². The summed E-state index contributed by atoms with van der Waals surface area (Å²) in [6, 6.07) is 3.83. The third kappa shape index (κ3) is 1.18. The molecule has 4 heteroatoms. The molecule has 12 heavy (non-hydrogen) atoms. The number of pyridine rings is 1. The van der Waals surface area contributed by atoms with Gasteiger partial charge in [-0.15, -0.1) is 0 Å². The van der Waals surface area contributed by atoms with E-state index >= 15 is 0 Å². The summed E-state index contributed by atoms with van der Waals surface area (Å²) in [5, 5.41) is 8.03. The number of hydrogen-bond acceptors (Lipinski definition) is 3. The second kappa shape index (κ2) is 2.73. The van der Waals surface area contributed by atoms with Crippen molar-refractivity contribution in [2.75, 3.05) is 0 Å². The van der Waals surface area contributed by atoms with Gasteiger partial charge in [0.05, 0.1) is 13.3 Å². The molecule has 2 aromatic rings. The molecule has 0 fully saturated rings. The van der Waals surface area contributed by atoms with Gasteiger partial charge in [-0.1, -0.05) is 6.07 Å². The van der Waals surface area contributed by atoms with E-state index in [1.165, 1.54) is 11.0 Å². The molecule has 0 saturated carbocycles. The van der Waals surface area contributed by atoms with E-state index in [-0.39, 0.29) is 0 Å². The molecule has 2 aromatic heterocycles. The van der Waals surface area contributed by atoms with Gasteiger partial charge >= 0.3 is 0 Å². The standard InChI is InChI=1S/C8H8N4/c1-12-10-6-8(11-12)7-4-2-3-5-9-7/h2-6H,1H3/i3D. The largest absolute Gasteiger partial charge is 0.254 e. The van der Waals surface area contributed by atoms with Crippen LogP contribution in [0.2, 0.25) is 0 Å². The zero-order valence-corrected chi connectivity index (χ0v) is 6.60. The Morgan fingerprint density at radius 1 is 1.50 bits per heavy atom. The summed E-state index contributed by atoms with van der Waals surface area (Å²) in [7, 11) is 1.75. The highest BCUT2D eigenvalue weighted by Gasteiger charge is 2.00. The van der Waals surface area contributed by atoms with Crippen molar-refractivity contribution in [3.8, 4) is 11.4 Å². The van der Waals surface area contributed by atoms with Crippen LogP contribution in [0.15, 0.2) is 30.6 Å². The van der Waals surface area contributed by atoms with E-state index in [0.29, 0.717) is 6.04 Å². The van der Waals surface area contributed by atoms with Crippen LogP contribution in [0.1, 0.15) is 1.37 Å². The quantitative estimate of drug-likeness (QED) is 0.623. The predicted octanol–water partition coefficient (Wildman–Crippen LogP) is 0.877. The molecule has 0 saturated heterocycles. The third-order valence-corrected chi connectivity index (χ3v) is 1.48. The second-order valence-corrected chi connectivity index (χ2v) is 2.36. The fourth-order valence-corrected chi connectivity index (χ4v) is 0.935. The highest BCUT2D eigenvalue weighted by molar-refractivity contribution is 5.51. The third-order valence-electron chi connectivity index (χ3n) is 1.48. The molecule has 2 heterocycles. The van der Waals surface area contributed by atoms with Gasteiger partial charge in [0.1, 0.15) is 5.69 Å². The number of rotatable bonds is 1. The van der Waals surface area contributed by atoms with Crippen LogP contribution >= 0.6 is 0 Å². The molecule has 0 aliphatic heterocycles. The minimum Gasteiger partial charge on any atom is -0.254 e. The lowest BCUT2D eigenvalue weighted by Gasteiger charge is -1.90. The summed E-state index contributed by atoms with van der Waals surface area (Å²) in [5.41, 5.74) is 1.46. The second-order valence-electron chi connectivity index (χ2n) is 2.36. The van der Waals surface area contributed by atoms with Crippen LogP contribution in [0.5, 0.6) is 0 Å². The Balaban J connectivity index is 2.41. The highest BCUT2D eigenvalue weighted by Crippen LogP contribution is 2.10. The van der Waals surface area contributed by atoms with Crippen molar-refractivity contribution in [3.05, 3.63) is 30.6 Å². The van der Waals surface area contributed by atoms with E-state index in [1.54, 1.807) is 25.4 Å². The first-order valence-electron chi connectivity index (χ1n) is 4.05. The molecule has 0 unspecified atom stereocenters. The summed E-state index contributed by atoms with van der Waals surface area (Å²) >= 11 is 0. The number of aryl methyl sites for hydroxylation is 1. The Kier molecular flexibility index (Phi) is 1.34. The van der Waals surface area contributed by atoms with E-state index in [1.807, 2.05) is 0 Å². The van der Waals surface area contributed by atoms with E-state index in [4.69, 9.17) is 1.37 Å². The van der Waals surface area contributed by atoms with Gasteiger partial charge in [-0.3, -0.25) is 4.98 Å². The summed E-state index contributed by atoms with van der Waals surface area (Å²) in [6.07, 6.45) is 3.13. The molecule has 0 N–H and O–H groups in total. The van der Waals surface area contributed by atoms with Crippen LogP contribution in [0, 0.1) is 0 Å². The number of aromatic nitrogens is 4. The molecule has 0 bridgehead atoms. The van der Waals surface area contributed by atoms with Crippen LogP contribution in [0.3, 0.4) is 0 Å². The van der Waals surface area contributed by atoms with Gasteiger partial charge in [0.25, 0.3) is 0 Å². The van der Waals surface area contributed by atoms with Gasteiger partial charge in [-0.25, -0.2) is 0 Å². The molecular formula is C8H8N4. The van der Waals surface area contributed by atoms with E-state index < -0.39 is 0 Å². The van der Waals surface area contributed by atoms with Crippen molar-refractivity contribution < 1.29 is 1.37 Å². The first-order chi connectivity index (χ1) is 6.25. The lowest BCUT2D eigenvalue weighted by molar-refractivity contribution is 0.655. The molecule has 0 amide bonds. The zero-order valence-electron chi connectivity index (χ0n) is 7.60. The molecular weight excluding hydrogens is 152 g/mol. The predicted molar refractivity (Wildman–Crippen MR) is 44.2 cm³/mol. The lowest BCUT2D eigenvalue weighted by atomic mass is 10.3. The van der Waals surface area contributed by atoms with Gasteiger partial charge in [-0.05, 0) is 12.1 Å². The van der Waals surface area contributed by atoms with E-state index in [0.717, 1.165) is 11.4 Å². The Morgan fingerprint density at radius 2 is 2.42 bits per heavy atom. The summed E-state index contributed by atoms with van der Waals surface area (Å²) in [6.45, 7) is 0. The van der Waals surface area contributed by atoms with Crippen LogP contribution in [0.4, 0.5) is 0 Å². The van der Waals surface area contributed by atoms with Crippen LogP contribution in [-0.2, 0) is 7.05 Å². The van der Waals surface area contributed by atoms with Crippen molar-refractivity contribution in [1.82, 2.24) is 20.0 Å². The molecule has 0 aromatic carbocycles. The van der Waals surface area contributed by atoms with E-state index in [2.05, 4.69) is 15.2 Å². The summed E-state index contributed by atoms with van der Waals surface area (Å²) in [5.74, 6) is 0. The van der Waals surface area contributed by atoms with Crippen LogP contribution < -0.4 is 0 Å². The Hall–Kier alpha value is -1.71. The highest BCUT2D eigenvalue weighted by atomic mass is 15.4. The van der Waals surface area contributed by atoms with Gasteiger partial charge in [-0.2, -0.15) is 15.0 Å². The summed E-state index contributed by atoms with van der Waals surface area (Å²) < 4.78 is 7.26. The molecule has 0 atom stereocenters. The Bertz CT molecular complexity index is 406. The van der Waals surface area contributed by atoms with Crippen molar-refractivity contribution in [2.45, 2.75) is 0 Å². The molecule has 60 valence electrons. The Labute approximate surface area is 71.3 Å².